The molecule has 0 N–H and O–H groups in total. The molecule has 0 atom stereocenters. The number of allylic oxidation sites excluding steroid dienone is 5. The second-order valence-corrected chi connectivity index (χ2v) is 5.33. The lowest BCUT2D eigenvalue weighted by Crippen LogP contribution is -1.78. The third-order valence-corrected chi connectivity index (χ3v) is 3.40. The summed E-state index contributed by atoms with van der Waals surface area (Å²) in [6, 6.07) is 0. The van der Waals surface area contributed by atoms with E-state index in [9.17, 15) is 0 Å². The average molecular weight is 262 g/mol. The molecule has 0 aromatic heterocycles. The van der Waals surface area contributed by atoms with Gasteiger partial charge in [0, 0.05) is 0 Å². The van der Waals surface area contributed by atoms with Crippen LogP contribution in [0.5, 0.6) is 0 Å². The second kappa shape index (κ2) is 17.2. The lowest BCUT2D eigenvalue weighted by molar-refractivity contribution is 0.621. The van der Waals surface area contributed by atoms with Crippen LogP contribution in [0, 0.1) is 0 Å². The minimum absolute atomic E-state index is 1.21. The molecule has 0 aromatic carbocycles. The van der Waals surface area contributed by atoms with Gasteiger partial charge in [-0.05, 0) is 38.5 Å². The Bertz CT molecular complexity index is 222. The summed E-state index contributed by atoms with van der Waals surface area (Å²) in [5.74, 6) is 0. The van der Waals surface area contributed by atoms with Gasteiger partial charge in [0.15, 0.2) is 0 Å². The molecular formula is C19H34. The maximum Gasteiger partial charge on any atom is -0.0348 e. The number of hydrogen-bond donors (Lipinski definition) is 0. The first-order chi connectivity index (χ1) is 9.41. The summed E-state index contributed by atoms with van der Waals surface area (Å²) in [6.07, 6.45) is 27.1. The van der Waals surface area contributed by atoms with Gasteiger partial charge in [0.1, 0.15) is 0 Å². The van der Waals surface area contributed by atoms with E-state index in [1.54, 1.807) is 0 Å². The average Bonchev–Trinajstić information content (AvgIpc) is 2.43. The van der Waals surface area contributed by atoms with E-state index in [-0.39, 0.29) is 0 Å². The minimum atomic E-state index is 1.21. The van der Waals surface area contributed by atoms with Crippen LogP contribution < -0.4 is 0 Å². The molecule has 0 fully saturated rings. The lowest BCUT2D eigenvalue weighted by Gasteiger charge is -1.98. The molecule has 0 saturated heterocycles. The van der Waals surface area contributed by atoms with Crippen LogP contribution in [0.25, 0.3) is 0 Å². The number of rotatable bonds is 14. The zero-order valence-electron chi connectivity index (χ0n) is 13.1. The summed E-state index contributed by atoms with van der Waals surface area (Å²) in [6.45, 7) is 5.94. The van der Waals surface area contributed by atoms with Crippen molar-refractivity contribution in [2.75, 3.05) is 0 Å². The van der Waals surface area contributed by atoms with Crippen molar-refractivity contribution in [3.8, 4) is 0 Å². The Morgan fingerprint density at radius 2 is 1.11 bits per heavy atom. The van der Waals surface area contributed by atoms with Crippen LogP contribution in [0.2, 0.25) is 0 Å². The van der Waals surface area contributed by atoms with Gasteiger partial charge in [0.2, 0.25) is 0 Å². The highest BCUT2D eigenvalue weighted by Crippen LogP contribution is 2.09. The first-order valence-corrected chi connectivity index (χ1v) is 8.34. The quantitative estimate of drug-likeness (QED) is 0.180. The van der Waals surface area contributed by atoms with Crippen LogP contribution in [0.15, 0.2) is 37.0 Å². The van der Waals surface area contributed by atoms with Gasteiger partial charge in [0.05, 0.1) is 0 Å². The first kappa shape index (κ1) is 18.2. The molecule has 0 aliphatic carbocycles. The van der Waals surface area contributed by atoms with Gasteiger partial charge < -0.3 is 0 Å². The molecule has 0 heteroatoms. The van der Waals surface area contributed by atoms with Gasteiger partial charge in [-0.1, -0.05) is 82.4 Å². The van der Waals surface area contributed by atoms with Crippen molar-refractivity contribution in [2.24, 2.45) is 0 Å². The molecule has 0 spiro atoms. The summed E-state index contributed by atoms with van der Waals surface area (Å²) in [4.78, 5) is 0. The topological polar surface area (TPSA) is 0 Å². The fourth-order valence-electron chi connectivity index (χ4n) is 2.17. The maximum atomic E-state index is 3.67. The highest BCUT2D eigenvalue weighted by molar-refractivity contribution is 4.96. The van der Waals surface area contributed by atoms with Gasteiger partial charge in [-0.3, -0.25) is 0 Å². The van der Waals surface area contributed by atoms with E-state index in [0.717, 1.165) is 0 Å². The fourth-order valence-corrected chi connectivity index (χ4v) is 2.17. The van der Waals surface area contributed by atoms with Crippen LogP contribution in [-0.4, -0.2) is 0 Å². The highest BCUT2D eigenvalue weighted by atomic mass is 14.0. The standard InChI is InChI=1S/C19H34/c1-3-5-7-9-11-13-15-17-19-18-16-14-12-10-8-6-4-2/h3,5,7,14,16H,1,4,6,8-13,15,17-19H2,2H3/b7-5+,16-14+. The molecule has 0 aromatic rings. The molecule has 0 amide bonds. The zero-order chi connectivity index (χ0) is 14.0. The van der Waals surface area contributed by atoms with E-state index >= 15 is 0 Å². The molecule has 19 heavy (non-hydrogen) atoms. The molecule has 0 aliphatic heterocycles. The van der Waals surface area contributed by atoms with Crippen molar-refractivity contribution in [1.29, 1.82) is 0 Å². The SMILES string of the molecule is C=C/C=C/CCCCCCC/C=C/CCCCCC. The normalized spacial score (nSPS) is 11.6. The third kappa shape index (κ3) is 17.2. The van der Waals surface area contributed by atoms with Crippen LogP contribution >= 0.6 is 0 Å². The lowest BCUT2D eigenvalue weighted by atomic mass is 10.1. The Balaban J connectivity index is 3.07. The van der Waals surface area contributed by atoms with Crippen molar-refractivity contribution in [1.82, 2.24) is 0 Å². The smallest absolute Gasteiger partial charge is 0.0348 e. The second-order valence-electron chi connectivity index (χ2n) is 5.33. The molecular weight excluding hydrogens is 228 g/mol. The van der Waals surface area contributed by atoms with Crippen LogP contribution in [-0.2, 0) is 0 Å². The zero-order valence-corrected chi connectivity index (χ0v) is 13.1. The third-order valence-electron chi connectivity index (χ3n) is 3.40. The Hall–Kier alpha value is -0.780. The maximum absolute atomic E-state index is 3.67. The monoisotopic (exact) mass is 262 g/mol. The summed E-state index contributed by atoms with van der Waals surface area (Å²) in [5.41, 5.74) is 0. The van der Waals surface area contributed by atoms with Crippen LogP contribution in [0.1, 0.15) is 84.0 Å². The fraction of sp³-hybridized carbons (Fsp3) is 0.684. The summed E-state index contributed by atoms with van der Waals surface area (Å²) < 4.78 is 0. The van der Waals surface area contributed by atoms with Gasteiger partial charge >= 0.3 is 0 Å². The molecule has 0 nitrogen and oxygen atoms in total. The Kier molecular flexibility index (Phi) is 16.5. The molecule has 0 aliphatic rings. The van der Waals surface area contributed by atoms with E-state index in [1.165, 1.54) is 77.0 Å². The van der Waals surface area contributed by atoms with E-state index in [4.69, 9.17) is 0 Å². The predicted molar refractivity (Wildman–Crippen MR) is 89.6 cm³/mol. The summed E-state index contributed by atoms with van der Waals surface area (Å²) in [5, 5.41) is 0. The van der Waals surface area contributed by atoms with Crippen LogP contribution in [0.3, 0.4) is 0 Å². The van der Waals surface area contributed by atoms with Gasteiger partial charge in [0.25, 0.3) is 0 Å². The Morgan fingerprint density at radius 3 is 1.63 bits per heavy atom. The molecule has 110 valence electrons. The van der Waals surface area contributed by atoms with Crippen molar-refractivity contribution in [2.45, 2.75) is 84.0 Å². The largest absolute Gasteiger partial charge is 0.0991 e. The van der Waals surface area contributed by atoms with Gasteiger partial charge in [-0.2, -0.15) is 0 Å². The van der Waals surface area contributed by atoms with E-state index < -0.39 is 0 Å². The van der Waals surface area contributed by atoms with Crippen molar-refractivity contribution >= 4 is 0 Å². The molecule has 0 rings (SSSR count). The van der Waals surface area contributed by atoms with Crippen LogP contribution in [0.4, 0.5) is 0 Å². The molecule has 0 bridgehead atoms. The Morgan fingerprint density at radius 1 is 0.632 bits per heavy atom. The predicted octanol–water partition coefficient (Wildman–Crippen LogP) is 6.99. The van der Waals surface area contributed by atoms with Gasteiger partial charge in [-0.25, -0.2) is 0 Å². The van der Waals surface area contributed by atoms with Crippen molar-refractivity contribution in [3.05, 3.63) is 37.0 Å². The van der Waals surface area contributed by atoms with E-state index in [0.29, 0.717) is 0 Å². The first-order valence-electron chi connectivity index (χ1n) is 8.34. The van der Waals surface area contributed by atoms with Crippen molar-refractivity contribution < 1.29 is 0 Å². The van der Waals surface area contributed by atoms with Gasteiger partial charge in [-0.15, -0.1) is 0 Å². The summed E-state index contributed by atoms with van der Waals surface area (Å²) in [7, 11) is 0. The van der Waals surface area contributed by atoms with Crippen molar-refractivity contribution in [3.63, 3.8) is 0 Å². The highest BCUT2D eigenvalue weighted by Gasteiger charge is 1.89. The number of unbranched alkanes of at least 4 members (excludes halogenated alkanes) is 10. The molecule has 0 unspecified atom stereocenters. The minimum Gasteiger partial charge on any atom is -0.0991 e. The van der Waals surface area contributed by atoms with E-state index in [2.05, 4.69) is 31.7 Å². The summed E-state index contributed by atoms with van der Waals surface area (Å²) >= 11 is 0. The Labute approximate surface area is 121 Å². The number of hydrogen-bond acceptors (Lipinski definition) is 0. The van der Waals surface area contributed by atoms with E-state index in [1.807, 2.05) is 12.2 Å². The molecule has 0 saturated carbocycles. The molecule has 0 radical (unpaired) electrons. The molecule has 0 heterocycles.